The van der Waals surface area contributed by atoms with E-state index < -0.39 is 17.8 Å². The maximum atomic E-state index is 12.8. The molecule has 7 heteroatoms. The number of carbonyl (C=O) groups is 1. The third kappa shape index (κ3) is 6.03. The summed E-state index contributed by atoms with van der Waals surface area (Å²) >= 11 is 0. The molecule has 0 fully saturated rings. The zero-order valence-electron chi connectivity index (χ0n) is 12.3. The molecule has 2 N–H and O–H groups in total. The van der Waals surface area contributed by atoms with Gasteiger partial charge >= 0.3 is 6.18 Å². The van der Waals surface area contributed by atoms with Crippen LogP contribution < -0.4 is 5.32 Å². The number of hydrogen-bond donors (Lipinski definition) is 2. The lowest BCUT2D eigenvalue weighted by Crippen LogP contribution is -2.29. The standard InChI is InChI=1S/C15H20F3NO3/c1-2-22-9-5-8-14(21)19-10-13(20)11-6-3-4-7-12(11)15(16,17)18/h3-4,6-7,13,20H,2,5,8-10H2,1H3,(H,19,21). The monoisotopic (exact) mass is 319 g/mol. The second-order valence-electron chi connectivity index (χ2n) is 4.71. The Labute approximate surface area is 127 Å². The van der Waals surface area contributed by atoms with Gasteiger partial charge in [-0.05, 0) is 25.0 Å². The largest absolute Gasteiger partial charge is 0.416 e. The Morgan fingerprint density at radius 1 is 1.36 bits per heavy atom. The van der Waals surface area contributed by atoms with E-state index in [0.717, 1.165) is 6.07 Å². The van der Waals surface area contributed by atoms with Crippen LogP contribution in [0.2, 0.25) is 0 Å². The molecular formula is C15H20F3NO3. The SMILES string of the molecule is CCOCCCC(=O)NCC(O)c1ccccc1C(F)(F)F. The van der Waals surface area contributed by atoms with Crippen molar-refractivity contribution in [3.63, 3.8) is 0 Å². The minimum Gasteiger partial charge on any atom is -0.387 e. The molecule has 1 aromatic carbocycles. The molecule has 124 valence electrons. The van der Waals surface area contributed by atoms with Gasteiger partial charge in [0.1, 0.15) is 0 Å². The van der Waals surface area contributed by atoms with Gasteiger partial charge in [0.25, 0.3) is 0 Å². The smallest absolute Gasteiger partial charge is 0.387 e. The summed E-state index contributed by atoms with van der Waals surface area (Å²) in [4.78, 5) is 11.5. The van der Waals surface area contributed by atoms with E-state index in [2.05, 4.69) is 5.32 Å². The molecular weight excluding hydrogens is 299 g/mol. The number of benzene rings is 1. The second-order valence-corrected chi connectivity index (χ2v) is 4.71. The van der Waals surface area contributed by atoms with Crippen LogP contribution >= 0.6 is 0 Å². The molecule has 4 nitrogen and oxygen atoms in total. The first-order chi connectivity index (χ1) is 10.4. The van der Waals surface area contributed by atoms with Crippen molar-refractivity contribution in [2.45, 2.75) is 32.0 Å². The number of amides is 1. The van der Waals surface area contributed by atoms with Crippen molar-refractivity contribution in [2.24, 2.45) is 0 Å². The van der Waals surface area contributed by atoms with Gasteiger partial charge in [0.05, 0.1) is 11.7 Å². The molecule has 1 atom stereocenters. The van der Waals surface area contributed by atoms with Crippen LogP contribution in [0.5, 0.6) is 0 Å². The van der Waals surface area contributed by atoms with Crippen molar-refractivity contribution in [3.8, 4) is 0 Å². The van der Waals surface area contributed by atoms with Crippen LogP contribution in [0.1, 0.15) is 37.0 Å². The first-order valence-electron chi connectivity index (χ1n) is 7.05. The number of ether oxygens (including phenoxy) is 1. The lowest BCUT2D eigenvalue weighted by atomic mass is 10.0. The second kappa shape index (κ2) is 8.75. The van der Waals surface area contributed by atoms with Gasteiger partial charge in [-0.2, -0.15) is 13.2 Å². The Balaban J connectivity index is 2.52. The van der Waals surface area contributed by atoms with E-state index in [-0.39, 0.29) is 24.4 Å². The predicted molar refractivity (Wildman–Crippen MR) is 75.1 cm³/mol. The molecule has 0 bridgehead atoms. The lowest BCUT2D eigenvalue weighted by molar-refractivity contribution is -0.139. The molecule has 1 amide bonds. The Morgan fingerprint density at radius 2 is 2.05 bits per heavy atom. The molecule has 0 saturated carbocycles. The van der Waals surface area contributed by atoms with Crippen LogP contribution in [0.4, 0.5) is 13.2 Å². The summed E-state index contributed by atoms with van der Waals surface area (Å²) in [6, 6.07) is 4.78. The summed E-state index contributed by atoms with van der Waals surface area (Å²) in [5, 5.41) is 12.3. The minimum absolute atomic E-state index is 0.202. The van der Waals surface area contributed by atoms with Crippen LogP contribution in [-0.2, 0) is 15.7 Å². The van der Waals surface area contributed by atoms with Gasteiger partial charge in [-0.1, -0.05) is 18.2 Å². The highest BCUT2D eigenvalue weighted by Crippen LogP contribution is 2.34. The topological polar surface area (TPSA) is 58.6 Å². The first kappa shape index (κ1) is 18.4. The predicted octanol–water partition coefficient (Wildman–Crippen LogP) is 2.67. The fraction of sp³-hybridized carbons (Fsp3) is 0.533. The van der Waals surface area contributed by atoms with E-state index in [1.54, 1.807) is 0 Å². The van der Waals surface area contributed by atoms with Crippen molar-refractivity contribution in [1.82, 2.24) is 5.32 Å². The highest BCUT2D eigenvalue weighted by molar-refractivity contribution is 5.75. The summed E-state index contributed by atoms with van der Waals surface area (Å²) in [6.07, 6.45) is -5.23. The van der Waals surface area contributed by atoms with E-state index >= 15 is 0 Å². The summed E-state index contributed by atoms with van der Waals surface area (Å²) in [5.74, 6) is -0.330. The molecule has 0 aliphatic carbocycles. The number of hydrogen-bond acceptors (Lipinski definition) is 3. The first-order valence-corrected chi connectivity index (χ1v) is 7.05. The third-order valence-corrected chi connectivity index (χ3v) is 3.01. The van der Waals surface area contributed by atoms with Crippen LogP contribution in [0.3, 0.4) is 0 Å². The van der Waals surface area contributed by atoms with Crippen molar-refractivity contribution < 1.29 is 27.8 Å². The molecule has 1 aromatic rings. The molecule has 0 aromatic heterocycles. The Hall–Kier alpha value is -1.60. The number of alkyl halides is 3. The Kier molecular flexibility index (Phi) is 7.34. The molecule has 0 saturated heterocycles. The molecule has 0 radical (unpaired) electrons. The number of nitrogens with one attached hydrogen (secondary N) is 1. The van der Waals surface area contributed by atoms with Gasteiger partial charge in [0, 0.05) is 26.2 Å². The number of aliphatic hydroxyl groups is 1. The number of carbonyl (C=O) groups excluding carboxylic acids is 1. The highest BCUT2D eigenvalue weighted by Gasteiger charge is 2.34. The molecule has 0 spiro atoms. The van der Waals surface area contributed by atoms with Gasteiger partial charge in [-0.25, -0.2) is 0 Å². The maximum absolute atomic E-state index is 12.8. The molecule has 22 heavy (non-hydrogen) atoms. The third-order valence-electron chi connectivity index (χ3n) is 3.01. The van der Waals surface area contributed by atoms with E-state index in [9.17, 15) is 23.1 Å². The van der Waals surface area contributed by atoms with Gasteiger partial charge < -0.3 is 15.2 Å². The number of aliphatic hydroxyl groups excluding tert-OH is 1. The molecule has 0 aliphatic rings. The number of halogens is 3. The van der Waals surface area contributed by atoms with E-state index in [0.29, 0.717) is 19.6 Å². The lowest BCUT2D eigenvalue weighted by Gasteiger charge is -2.17. The fourth-order valence-corrected chi connectivity index (χ4v) is 1.93. The molecule has 0 aliphatic heterocycles. The normalized spacial score (nSPS) is 13.0. The van der Waals surface area contributed by atoms with Crippen LogP contribution in [0.15, 0.2) is 24.3 Å². The molecule has 1 unspecified atom stereocenters. The van der Waals surface area contributed by atoms with Crippen molar-refractivity contribution in [3.05, 3.63) is 35.4 Å². The van der Waals surface area contributed by atoms with Crippen LogP contribution in [0.25, 0.3) is 0 Å². The van der Waals surface area contributed by atoms with Gasteiger partial charge in [0.2, 0.25) is 5.91 Å². The van der Waals surface area contributed by atoms with E-state index in [4.69, 9.17) is 4.74 Å². The van der Waals surface area contributed by atoms with Crippen molar-refractivity contribution in [2.75, 3.05) is 19.8 Å². The minimum atomic E-state index is -4.54. The quantitative estimate of drug-likeness (QED) is 0.724. The average Bonchev–Trinajstić information content (AvgIpc) is 2.48. The highest BCUT2D eigenvalue weighted by atomic mass is 19.4. The van der Waals surface area contributed by atoms with E-state index in [1.807, 2.05) is 6.92 Å². The fourth-order valence-electron chi connectivity index (χ4n) is 1.93. The Morgan fingerprint density at radius 3 is 2.68 bits per heavy atom. The van der Waals surface area contributed by atoms with Gasteiger partial charge in [-0.15, -0.1) is 0 Å². The van der Waals surface area contributed by atoms with Crippen molar-refractivity contribution in [1.29, 1.82) is 0 Å². The van der Waals surface area contributed by atoms with Crippen LogP contribution in [0, 0.1) is 0 Å². The maximum Gasteiger partial charge on any atom is 0.416 e. The van der Waals surface area contributed by atoms with Gasteiger partial charge in [0.15, 0.2) is 0 Å². The number of rotatable bonds is 8. The summed E-state index contributed by atoms with van der Waals surface area (Å²) in [5.41, 5.74) is -1.14. The van der Waals surface area contributed by atoms with Crippen LogP contribution in [-0.4, -0.2) is 30.8 Å². The summed E-state index contributed by atoms with van der Waals surface area (Å²) < 4.78 is 43.6. The Bertz CT molecular complexity index is 477. The van der Waals surface area contributed by atoms with Gasteiger partial charge in [-0.3, -0.25) is 4.79 Å². The zero-order chi connectivity index (χ0) is 16.6. The molecule has 1 rings (SSSR count). The average molecular weight is 319 g/mol. The summed E-state index contributed by atoms with van der Waals surface area (Å²) in [7, 11) is 0. The summed E-state index contributed by atoms with van der Waals surface area (Å²) in [6.45, 7) is 2.59. The van der Waals surface area contributed by atoms with E-state index in [1.165, 1.54) is 18.2 Å². The zero-order valence-corrected chi connectivity index (χ0v) is 12.3. The van der Waals surface area contributed by atoms with Crippen molar-refractivity contribution >= 4 is 5.91 Å². The molecule has 0 heterocycles.